The summed E-state index contributed by atoms with van der Waals surface area (Å²) in [7, 11) is 1.98. The van der Waals surface area contributed by atoms with E-state index in [2.05, 4.69) is 42.2 Å². The van der Waals surface area contributed by atoms with Crippen molar-refractivity contribution < 1.29 is 0 Å². The van der Waals surface area contributed by atoms with Crippen molar-refractivity contribution in [2.24, 2.45) is 13.0 Å². The summed E-state index contributed by atoms with van der Waals surface area (Å²) < 4.78 is 1.89. The molecule has 102 valence electrons. The van der Waals surface area contributed by atoms with Gasteiger partial charge in [0.25, 0.3) is 0 Å². The van der Waals surface area contributed by atoms with E-state index in [0.29, 0.717) is 18.0 Å². The van der Waals surface area contributed by atoms with Gasteiger partial charge in [-0.2, -0.15) is 5.10 Å². The first-order chi connectivity index (χ1) is 8.65. The van der Waals surface area contributed by atoms with Gasteiger partial charge >= 0.3 is 0 Å². The highest BCUT2D eigenvalue weighted by Gasteiger charge is 2.30. The monoisotopic (exact) mass is 250 g/mol. The first kappa shape index (κ1) is 13.4. The molecule has 4 nitrogen and oxygen atoms in total. The normalized spacial score (nSPS) is 26.3. The summed E-state index contributed by atoms with van der Waals surface area (Å²) in [5.74, 6) is 1.84. The Bertz CT molecular complexity index is 374. The van der Waals surface area contributed by atoms with E-state index in [-0.39, 0.29) is 0 Å². The zero-order valence-electron chi connectivity index (χ0n) is 12.1. The number of rotatable bonds is 4. The Hall–Kier alpha value is -1.03. The molecule has 0 radical (unpaired) electrons. The molecule has 1 aliphatic heterocycles. The number of aryl methyl sites for hydroxylation is 1. The van der Waals surface area contributed by atoms with Crippen molar-refractivity contribution in [2.75, 3.05) is 18.0 Å². The zero-order chi connectivity index (χ0) is 13.1. The van der Waals surface area contributed by atoms with Crippen LogP contribution in [-0.2, 0) is 7.05 Å². The molecule has 3 unspecified atom stereocenters. The van der Waals surface area contributed by atoms with Gasteiger partial charge in [0.2, 0.25) is 0 Å². The fourth-order valence-corrected chi connectivity index (χ4v) is 2.69. The second-order valence-corrected chi connectivity index (χ2v) is 5.46. The molecule has 0 aromatic carbocycles. The van der Waals surface area contributed by atoms with Crippen molar-refractivity contribution >= 4 is 5.82 Å². The first-order valence-electron chi connectivity index (χ1n) is 7.15. The molecule has 2 heterocycles. The molecule has 1 aliphatic rings. The molecule has 0 spiro atoms. The van der Waals surface area contributed by atoms with Crippen LogP contribution in [-0.4, -0.2) is 35.0 Å². The van der Waals surface area contributed by atoms with Gasteiger partial charge in [0, 0.05) is 44.5 Å². The Balaban J connectivity index is 2.13. The predicted molar refractivity (Wildman–Crippen MR) is 75.9 cm³/mol. The van der Waals surface area contributed by atoms with Crippen LogP contribution < -0.4 is 10.2 Å². The number of aromatic nitrogens is 2. The van der Waals surface area contributed by atoms with Crippen molar-refractivity contribution in [1.82, 2.24) is 15.1 Å². The lowest BCUT2D eigenvalue weighted by Crippen LogP contribution is -2.58. The van der Waals surface area contributed by atoms with Gasteiger partial charge in [-0.15, -0.1) is 0 Å². The quantitative estimate of drug-likeness (QED) is 0.887. The Morgan fingerprint density at radius 2 is 2.28 bits per heavy atom. The first-order valence-corrected chi connectivity index (χ1v) is 7.15. The molecule has 0 aliphatic carbocycles. The Kier molecular flexibility index (Phi) is 4.27. The average molecular weight is 250 g/mol. The Morgan fingerprint density at radius 1 is 1.50 bits per heavy atom. The van der Waals surface area contributed by atoms with Crippen molar-refractivity contribution in [3.63, 3.8) is 0 Å². The summed E-state index contributed by atoms with van der Waals surface area (Å²) in [5, 5.41) is 8.27. The molecule has 1 saturated heterocycles. The van der Waals surface area contributed by atoms with Crippen LogP contribution >= 0.6 is 0 Å². The lowest BCUT2D eigenvalue weighted by molar-refractivity contribution is 0.304. The molecule has 0 bridgehead atoms. The second kappa shape index (κ2) is 5.74. The largest absolute Gasteiger partial charge is 0.349 e. The van der Waals surface area contributed by atoms with Gasteiger partial charge in [-0.25, -0.2) is 0 Å². The number of nitrogens with one attached hydrogen (secondary N) is 1. The summed E-state index contributed by atoms with van der Waals surface area (Å²) in [5.41, 5.74) is 0. The molecule has 0 amide bonds. The number of hydrogen-bond donors (Lipinski definition) is 1. The summed E-state index contributed by atoms with van der Waals surface area (Å²) >= 11 is 0. The molecule has 3 atom stereocenters. The maximum atomic E-state index is 4.57. The molecule has 1 aromatic rings. The van der Waals surface area contributed by atoms with Gasteiger partial charge in [-0.05, 0) is 12.3 Å². The SMILES string of the molecule is CCC(C)C1CN(c2ccn(C)n2)C(CC)CN1. The smallest absolute Gasteiger partial charge is 0.150 e. The third kappa shape index (κ3) is 2.69. The summed E-state index contributed by atoms with van der Waals surface area (Å²) in [4.78, 5) is 2.48. The average Bonchev–Trinajstić information content (AvgIpc) is 2.83. The van der Waals surface area contributed by atoms with E-state index in [0.717, 1.165) is 25.3 Å². The highest BCUT2D eigenvalue weighted by atomic mass is 15.4. The van der Waals surface area contributed by atoms with E-state index >= 15 is 0 Å². The lowest BCUT2D eigenvalue weighted by atomic mass is 9.95. The summed E-state index contributed by atoms with van der Waals surface area (Å²) in [6.07, 6.45) is 4.42. The third-order valence-corrected chi connectivity index (χ3v) is 4.25. The van der Waals surface area contributed by atoms with Crippen molar-refractivity contribution in [3.05, 3.63) is 12.3 Å². The molecule has 4 heteroatoms. The Morgan fingerprint density at radius 3 is 2.83 bits per heavy atom. The van der Waals surface area contributed by atoms with Crippen LogP contribution in [0.4, 0.5) is 5.82 Å². The molecular weight excluding hydrogens is 224 g/mol. The lowest BCUT2D eigenvalue weighted by Gasteiger charge is -2.42. The number of anilines is 1. The minimum absolute atomic E-state index is 0.570. The second-order valence-electron chi connectivity index (χ2n) is 5.46. The van der Waals surface area contributed by atoms with E-state index < -0.39 is 0 Å². The van der Waals surface area contributed by atoms with Gasteiger partial charge in [0.1, 0.15) is 0 Å². The fourth-order valence-electron chi connectivity index (χ4n) is 2.69. The van der Waals surface area contributed by atoms with Crippen LogP contribution in [0.5, 0.6) is 0 Å². The van der Waals surface area contributed by atoms with Crippen LogP contribution in [0.3, 0.4) is 0 Å². The van der Waals surface area contributed by atoms with Crippen molar-refractivity contribution in [3.8, 4) is 0 Å². The van der Waals surface area contributed by atoms with E-state index in [1.54, 1.807) is 0 Å². The number of nitrogens with zero attached hydrogens (tertiary/aromatic N) is 3. The molecule has 1 fully saturated rings. The van der Waals surface area contributed by atoms with E-state index in [4.69, 9.17) is 0 Å². The summed E-state index contributed by atoms with van der Waals surface area (Å²) in [6.45, 7) is 9.00. The Labute approximate surface area is 110 Å². The number of piperazine rings is 1. The van der Waals surface area contributed by atoms with Crippen molar-refractivity contribution in [2.45, 2.75) is 45.7 Å². The van der Waals surface area contributed by atoms with Crippen LogP contribution in [0.2, 0.25) is 0 Å². The minimum atomic E-state index is 0.570. The van der Waals surface area contributed by atoms with Crippen LogP contribution in [0.25, 0.3) is 0 Å². The van der Waals surface area contributed by atoms with Crippen LogP contribution in [0.1, 0.15) is 33.6 Å². The standard InChI is InChI=1S/C14H26N4/c1-5-11(3)13-10-18(12(6-2)9-15-13)14-7-8-17(4)16-14/h7-8,11-13,15H,5-6,9-10H2,1-4H3. The van der Waals surface area contributed by atoms with Crippen LogP contribution in [0.15, 0.2) is 12.3 Å². The van der Waals surface area contributed by atoms with E-state index in [1.807, 2.05) is 17.9 Å². The maximum Gasteiger partial charge on any atom is 0.150 e. The van der Waals surface area contributed by atoms with Crippen LogP contribution in [0, 0.1) is 5.92 Å². The zero-order valence-corrected chi connectivity index (χ0v) is 12.1. The molecule has 1 N–H and O–H groups in total. The van der Waals surface area contributed by atoms with E-state index in [9.17, 15) is 0 Å². The summed E-state index contributed by atoms with van der Waals surface area (Å²) in [6, 6.07) is 3.28. The molecule has 18 heavy (non-hydrogen) atoms. The molecule has 0 saturated carbocycles. The van der Waals surface area contributed by atoms with Gasteiger partial charge < -0.3 is 10.2 Å². The highest BCUT2D eigenvalue weighted by molar-refractivity contribution is 5.39. The fraction of sp³-hybridized carbons (Fsp3) is 0.786. The third-order valence-electron chi connectivity index (χ3n) is 4.25. The number of hydrogen-bond acceptors (Lipinski definition) is 3. The van der Waals surface area contributed by atoms with Gasteiger partial charge in [0.05, 0.1) is 0 Å². The van der Waals surface area contributed by atoms with Crippen molar-refractivity contribution in [1.29, 1.82) is 0 Å². The molecular formula is C14H26N4. The predicted octanol–water partition coefficient (Wildman–Crippen LogP) is 2.02. The van der Waals surface area contributed by atoms with E-state index in [1.165, 1.54) is 6.42 Å². The van der Waals surface area contributed by atoms with Gasteiger partial charge in [-0.3, -0.25) is 4.68 Å². The highest BCUT2D eigenvalue weighted by Crippen LogP contribution is 2.22. The molecule has 1 aromatic heterocycles. The topological polar surface area (TPSA) is 33.1 Å². The maximum absolute atomic E-state index is 4.57. The molecule has 2 rings (SSSR count). The van der Waals surface area contributed by atoms with Gasteiger partial charge in [0.15, 0.2) is 5.82 Å². The minimum Gasteiger partial charge on any atom is -0.349 e. The van der Waals surface area contributed by atoms with Gasteiger partial charge in [-0.1, -0.05) is 27.2 Å².